The second kappa shape index (κ2) is 6.61. The summed E-state index contributed by atoms with van der Waals surface area (Å²) < 4.78 is 18.6. The summed E-state index contributed by atoms with van der Waals surface area (Å²) in [6, 6.07) is 0. The zero-order valence-corrected chi connectivity index (χ0v) is 7.28. The lowest BCUT2D eigenvalue weighted by atomic mass is 10.8. The molecule has 0 rings (SSSR count). The van der Waals surface area contributed by atoms with Gasteiger partial charge in [-0.3, -0.25) is 4.57 Å². The Labute approximate surface area is 64.3 Å². The lowest BCUT2D eigenvalue weighted by Gasteiger charge is -1.94. The Balaban J connectivity index is 0. The van der Waals surface area contributed by atoms with Gasteiger partial charge in [0.1, 0.15) is 0 Å². The van der Waals surface area contributed by atoms with Crippen molar-refractivity contribution in [2.24, 2.45) is 0 Å². The standard InChI is InChI=1S/C3H7O3P.HO3P/c1-2-3-7(4,5)6;1-4(2)3/h2H,1,3H2,(H2,4,5,6);(H-,1,2,3)/p+1. The predicted molar refractivity (Wildman–Crippen MR) is 39.2 cm³/mol. The summed E-state index contributed by atoms with van der Waals surface area (Å²) >= 11 is 0. The van der Waals surface area contributed by atoms with Crippen molar-refractivity contribution in [2.75, 3.05) is 6.16 Å². The van der Waals surface area contributed by atoms with E-state index in [1.165, 1.54) is 6.08 Å². The van der Waals surface area contributed by atoms with Gasteiger partial charge in [-0.15, -0.1) is 16.4 Å². The van der Waals surface area contributed by atoms with Gasteiger partial charge in [0.25, 0.3) is 0 Å². The fourth-order valence-corrected chi connectivity index (χ4v) is 0.505. The third kappa shape index (κ3) is 40.6. The molecule has 0 atom stereocenters. The van der Waals surface area contributed by atoms with Crippen LogP contribution in [0.4, 0.5) is 0 Å². The summed E-state index contributed by atoms with van der Waals surface area (Å²) in [5.74, 6) is 0. The number of hydrogen-bond donors (Lipinski definition) is 4. The molecule has 0 aliphatic heterocycles. The van der Waals surface area contributed by atoms with Crippen LogP contribution in [0, 0.1) is 0 Å². The highest BCUT2D eigenvalue weighted by atomic mass is 31.2. The smallest absolute Gasteiger partial charge is 0.324 e. The molecule has 0 bridgehead atoms. The Morgan fingerprint density at radius 3 is 1.73 bits per heavy atom. The topological polar surface area (TPSA) is 115 Å². The minimum Gasteiger partial charge on any atom is -0.324 e. The van der Waals surface area contributed by atoms with Crippen molar-refractivity contribution in [1.82, 2.24) is 0 Å². The molecule has 0 radical (unpaired) electrons. The molecule has 0 saturated carbocycles. The molecular formula is C3H9O6P2+. The second-order valence-electron chi connectivity index (χ2n) is 1.39. The van der Waals surface area contributed by atoms with Crippen molar-refractivity contribution in [3.63, 3.8) is 0 Å². The van der Waals surface area contributed by atoms with Gasteiger partial charge in [0.15, 0.2) is 0 Å². The Morgan fingerprint density at radius 2 is 1.73 bits per heavy atom. The lowest BCUT2D eigenvalue weighted by molar-refractivity contribution is 0.377. The molecule has 6 nitrogen and oxygen atoms in total. The monoisotopic (exact) mass is 203 g/mol. The summed E-state index contributed by atoms with van der Waals surface area (Å²) in [6.45, 7) is 3.15. The van der Waals surface area contributed by atoms with Crippen LogP contribution >= 0.6 is 15.9 Å². The normalized spacial score (nSPS) is 9.45. The molecule has 0 aliphatic rings. The van der Waals surface area contributed by atoms with Crippen LogP contribution in [0.3, 0.4) is 0 Å². The van der Waals surface area contributed by atoms with E-state index in [2.05, 4.69) is 6.58 Å². The van der Waals surface area contributed by atoms with Gasteiger partial charge in [-0.2, -0.15) is 0 Å². The Bertz CT molecular complexity index is 167. The van der Waals surface area contributed by atoms with Crippen molar-refractivity contribution < 1.29 is 28.7 Å². The summed E-state index contributed by atoms with van der Waals surface area (Å²) in [6.07, 6.45) is 0.966. The van der Waals surface area contributed by atoms with E-state index in [0.29, 0.717) is 0 Å². The van der Waals surface area contributed by atoms with Crippen LogP contribution in [0.2, 0.25) is 0 Å². The van der Waals surface area contributed by atoms with Crippen LogP contribution in [0.5, 0.6) is 0 Å². The molecule has 0 saturated heterocycles. The van der Waals surface area contributed by atoms with Crippen molar-refractivity contribution in [1.29, 1.82) is 0 Å². The van der Waals surface area contributed by atoms with Crippen LogP contribution in [0.1, 0.15) is 0 Å². The summed E-state index contributed by atoms with van der Waals surface area (Å²) in [4.78, 5) is 30.4. The highest BCUT2D eigenvalue weighted by molar-refractivity contribution is 7.51. The largest absolute Gasteiger partial charge is 0.692 e. The third-order valence-electron chi connectivity index (χ3n) is 0.367. The molecule has 0 heterocycles. The minimum atomic E-state index is -3.78. The van der Waals surface area contributed by atoms with E-state index in [1.54, 1.807) is 0 Å². The highest BCUT2D eigenvalue weighted by Crippen LogP contribution is 2.33. The molecule has 0 aliphatic carbocycles. The Hall–Kier alpha value is -0.0900. The molecular weight excluding hydrogens is 194 g/mol. The van der Waals surface area contributed by atoms with Gasteiger partial charge >= 0.3 is 15.9 Å². The minimum absolute atomic E-state index is 0.229. The van der Waals surface area contributed by atoms with Crippen molar-refractivity contribution in [3.05, 3.63) is 12.7 Å². The van der Waals surface area contributed by atoms with E-state index >= 15 is 0 Å². The maximum Gasteiger partial charge on any atom is 0.692 e. The average Bonchev–Trinajstić information content (AvgIpc) is 1.58. The van der Waals surface area contributed by atoms with Gasteiger partial charge in [0.2, 0.25) is 0 Å². The molecule has 4 N–H and O–H groups in total. The molecule has 0 aromatic carbocycles. The highest BCUT2D eigenvalue weighted by Gasteiger charge is 2.06. The molecule has 11 heavy (non-hydrogen) atoms. The number of hydrogen-bond acceptors (Lipinski definition) is 2. The zero-order chi connectivity index (χ0) is 9.49. The molecule has 8 heteroatoms. The molecule has 0 aromatic heterocycles. The van der Waals surface area contributed by atoms with Crippen molar-refractivity contribution in [2.45, 2.75) is 0 Å². The van der Waals surface area contributed by atoms with Crippen LogP contribution in [-0.2, 0) is 9.13 Å². The van der Waals surface area contributed by atoms with Crippen LogP contribution in [-0.4, -0.2) is 25.7 Å². The molecule has 66 valence electrons. The average molecular weight is 203 g/mol. The summed E-state index contributed by atoms with van der Waals surface area (Å²) in [7, 11) is -6.65. The Morgan fingerprint density at radius 1 is 1.45 bits per heavy atom. The fourth-order valence-electron chi connectivity index (χ4n) is 0.168. The molecule has 0 fully saturated rings. The maximum absolute atomic E-state index is 9.85. The summed E-state index contributed by atoms with van der Waals surface area (Å²) in [5, 5.41) is 0. The predicted octanol–water partition coefficient (Wildman–Crippen LogP) is -0.0215. The van der Waals surface area contributed by atoms with Gasteiger partial charge in [-0.1, -0.05) is 6.08 Å². The van der Waals surface area contributed by atoms with Crippen LogP contribution in [0.15, 0.2) is 12.7 Å². The van der Waals surface area contributed by atoms with Crippen molar-refractivity contribution >= 4 is 15.9 Å². The molecule has 0 unspecified atom stereocenters. The van der Waals surface area contributed by atoms with E-state index in [1.807, 2.05) is 0 Å². The van der Waals surface area contributed by atoms with Gasteiger partial charge in [-0.25, -0.2) is 0 Å². The van der Waals surface area contributed by atoms with Gasteiger partial charge in [-0.05, 0) is 0 Å². The molecule has 0 aromatic rings. The van der Waals surface area contributed by atoms with Gasteiger partial charge < -0.3 is 9.79 Å². The van der Waals surface area contributed by atoms with Crippen molar-refractivity contribution in [3.8, 4) is 0 Å². The first kappa shape index (κ1) is 13.5. The van der Waals surface area contributed by atoms with Crippen LogP contribution in [0.25, 0.3) is 0 Å². The maximum atomic E-state index is 9.85. The zero-order valence-electron chi connectivity index (χ0n) is 5.49. The van der Waals surface area contributed by atoms with E-state index in [-0.39, 0.29) is 6.16 Å². The van der Waals surface area contributed by atoms with E-state index in [0.717, 1.165) is 0 Å². The molecule has 0 amide bonds. The van der Waals surface area contributed by atoms with E-state index in [9.17, 15) is 4.57 Å². The first-order valence-corrected chi connectivity index (χ1v) is 5.26. The first-order chi connectivity index (χ1) is 4.79. The Kier molecular flexibility index (Phi) is 8.11. The number of allylic oxidation sites excluding steroid dienone is 1. The number of rotatable bonds is 2. The second-order valence-corrected chi connectivity index (χ2v) is 3.59. The SMILES string of the molecule is C=CCP(=O)(O)O.O=[P+](O)O. The third-order valence-corrected chi connectivity index (χ3v) is 1.10. The summed E-state index contributed by atoms with van der Waals surface area (Å²) in [5.41, 5.74) is 0. The fraction of sp³-hybridized carbons (Fsp3) is 0.333. The van der Waals surface area contributed by atoms with E-state index in [4.69, 9.17) is 24.1 Å². The van der Waals surface area contributed by atoms with Crippen LogP contribution < -0.4 is 0 Å². The molecule has 0 spiro atoms. The van der Waals surface area contributed by atoms with E-state index < -0.39 is 15.9 Å². The van der Waals surface area contributed by atoms with Gasteiger partial charge in [0.05, 0.1) is 6.16 Å². The lowest BCUT2D eigenvalue weighted by Crippen LogP contribution is -1.78. The first-order valence-electron chi connectivity index (χ1n) is 2.30. The van der Waals surface area contributed by atoms with Gasteiger partial charge in [0, 0.05) is 4.57 Å². The quantitative estimate of drug-likeness (QED) is 0.370.